The van der Waals surface area contributed by atoms with Crippen LogP contribution in [-0.2, 0) is 26.9 Å². The fourth-order valence-corrected chi connectivity index (χ4v) is 5.20. The van der Waals surface area contributed by atoms with Crippen LogP contribution in [0.15, 0.2) is 83.9 Å². The molecule has 7 nitrogen and oxygen atoms in total. The molecule has 4 aromatic rings. The molecule has 0 bridgehead atoms. The molecule has 0 unspecified atom stereocenters. The van der Waals surface area contributed by atoms with E-state index in [2.05, 4.69) is 5.32 Å². The Kier molecular flexibility index (Phi) is 5.97. The first-order valence-electron chi connectivity index (χ1n) is 9.98. The number of nitrogens with one attached hydrogen (secondary N) is 1. The summed E-state index contributed by atoms with van der Waals surface area (Å²) in [6, 6.07) is 18.5. The van der Waals surface area contributed by atoms with Gasteiger partial charge in [0.1, 0.15) is 12.4 Å². The summed E-state index contributed by atoms with van der Waals surface area (Å²) in [4.78, 5) is 24.4. The van der Waals surface area contributed by atoms with Crippen molar-refractivity contribution in [2.45, 2.75) is 17.2 Å². The van der Waals surface area contributed by atoms with Crippen LogP contribution in [0.1, 0.15) is 15.9 Å². The van der Waals surface area contributed by atoms with Gasteiger partial charge in [0.15, 0.2) is 9.84 Å². The summed E-state index contributed by atoms with van der Waals surface area (Å²) in [5.41, 5.74) is 6.82. The second-order valence-electron chi connectivity index (χ2n) is 7.48. The summed E-state index contributed by atoms with van der Waals surface area (Å²) in [5.74, 6) is -1.88. The molecule has 0 aliphatic rings. The molecule has 3 aromatic carbocycles. The van der Waals surface area contributed by atoms with Gasteiger partial charge in [-0.1, -0.05) is 42.5 Å². The molecule has 9 heteroatoms. The predicted octanol–water partition coefficient (Wildman–Crippen LogP) is 3.49. The van der Waals surface area contributed by atoms with E-state index in [4.69, 9.17) is 5.73 Å². The minimum Gasteiger partial charge on any atom is -0.366 e. The lowest BCUT2D eigenvalue weighted by Gasteiger charge is -2.10. The van der Waals surface area contributed by atoms with Crippen molar-refractivity contribution in [2.75, 3.05) is 5.32 Å². The number of nitrogens with two attached hydrogens (primary N) is 1. The van der Waals surface area contributed by atoms with E-state index in [1.807, 2.05) is 0 Å². The Bertz CT molecular complexity index is 1460. The van der Waals surface area contributed by atoms with Crippen molar-refractivity contribution < 1.29 is 22.4 Å². The average molecular weight is 466 g/mol. The summed E-state index contributed by atoms with van der Waals surface area (Å²) < 4.78 is 41.0. The van der Waals surface area contributed by atoms with Gasteiger partial charge in [-0.15, -0.1) is 0 Å². The first kappa shape index (κ1) is 22.2. The Morgan fingerprint density at radius 1 is 0.939 bits per heavy atom. The second kappa shape index (κ2) is 8.87. The van der Waals surface area contributed by atoms with Gasteiger partial charge in [0.25, 0.3) is 5.91 Å². The summed E-state index contributed by atoms with van der Waals surface area (Å²) in [6.07, 6.45) is 1.42. The number of aromatic nitrogens is 1. The smallest absolute Gasteiger partial charge is 0.250 e. The number of halogens is 1. The fraction of sp³-hybridized carbons (Fsp3) is 0.0833. The number of anilines is 1. The highest BCUT2D eigenvalue weighted by Crippen LogP contribution is 2.28. The van der Waals surface area contributed by atoms with E-state index in [9.17, 15) is 22.4 Å². The Balaban J connectivity index is 1.64. The topological polar surface area (TPSA) is 111 Å². The van der Waals surface area contributed by atoms with Crippen LogP contribution in [0.3, 0.4) is 0 Å². The summed E-state index contributed by atoms with van der Waals surface area (Å²) in [7, 11) is -3.78. The standard InChI is InChI=1S/C24H20FN3O4S/c25-17-11-9-16(10-12-17)15-33(31,32)22-13-28(21-8-4-2-6-19(21)22)14-23(29)27-20-7-3-1-5-18(20)24(26)30/h1-13H,14-15H2,(H2,26,30)(H,27,29). The molecule has 0 aliphatic carbocycles. The van der Waals surface area contributed by atoms with Crippen LogP contribution in [0.2, 0.25) is 0 Å². The van der Waals surface area contributed by atoms with E-state index in [-0.39, 0.29) is 28.4 Å². The lowest BCUT2D eigenvalue weighted by molar-refractivity contribution is -0.116. The zero-order valence-corrected chi connectivity index (χ0v) is 18.2. The number of para-hydroxylation sites is 2. The van der Waals surface area contributed by atoms with Crippen LogP contribution >= 0.6 is 0 Å². The number of sulfone groups is 1. The monoisotopic (exact) mass is 465 g/mol. The van der Waals surface area contributed by atoms with Crippen molar-refractivity contribution in [3.05, 3.63) is 95.9 Å². The highest BCUT2D eigenvalue weighted by molar-refractivity contribution is 7.90. The Morgan fingerprint density at radius 2 is 1.61 bits per heavy atom. The van der Waals surface area contributed by atoms with Crippen LogP contribution in [0.25, 0.3) is 10.9 Å². The molecule has 0 saturated carbocycles. The number of rotatable bonds is 7. The number of carbonyl (C=O) groups is 2. The van der Waals surface area contributed by atoms with Crippen molar-refractivity contribution in [1.29, 1.82) is 0 Å². The van der Waals surface area contributed by atoms with Gasteiger partial charge in [-0.25, -0.2) is 12.8 Å². The molecule has 0 fully saturated rings. The van der Waals surface area contributed by atoms with E-state index >= 15 is 0 Å². The lowest BCUT2D eigenvalue weighted by Crippen LogP contribution is -2.21. The Hall–Kier alpha value is -3.98. The average Bonchev–Trinajstić information content (AvgIpc) is 3.15. The molecule has 0 radical (unpaired) electrons. The molecule has 33 heavy (non-hydrogen) atoms. The van der Waals surface area contributed by atoms with Crippen molar-refractivity contribution in [3.8, 4) is 0 Å². The van der Waals surface area contributed by atoms with E-state index in [1.165, 1.54) is 41.1 Å². The van der Waals surface area contributed by atoms with Crippen LogP contribution in [0, 0.1) is 5.82 Å². The largest absolute Gasteiger partial charge is 0.366 e. The SMILES string of the molecule is NC(=O)c1ccccc1NC(=O)Cn1cc(S(=O)(=O)Cc2ccc(F)cc2)c2ccccc21. The van der Waals surface area contributed by atoms with Gasteiger partial charge < -0.3 is 15.6 Å². The third-order valence-corrected chi connectivity index (χ3v) is 6.85. The van der Waals surface area contributed by atoms with Gasteiger partial charge in [0, 0.05) is 17.1 Å². The number of benzene rings is 3. The third kappa shape index (κ3) is 4.78. The van der Waals surface area contributed by atoms with Gasteiger partial charge in [-0.05, 0) is 35.9 Å². The Morgan fingerprint density at radius 3 is 2.33 bits per heavy atom. The molecule has 1 aromatic heterocycles. The van der Waals surface area contributed by atoms with Gasteiger partial charge in [-0.2, -0.15) is 0 Å². The zero-order valence-electron chi connectivity index (χ0n) is 17.4. The van der Waals surface area contributed by atoms with Gasteiger partial charge in [0.05, 0.1) is 21.9 Å². The maximum atomic E-state index is 13.2. The molecule has 0 spiro atoms. The summed E-state index contributed by atoms with van der Waals surface area (Å²) >= 11 is 0. The Labute approximate surface area is 189 Å². The van der Waals surface area contributed by atoms with Crippen LogP contribution < -0.4 is 11.1 Å². The van der Waals surface area contributed by atoms with Crippen LogP contribution in [0.4, 0.5) is 10.1 Å². The highest BCUT2D eigenvalue weighted by Gasteiger charge is 2.22. The van der Waals surface area contributed by atoms with Crippen LogP contribution in [-0.4, -0.2) is 24.8 Å². The maximum Gasteiger partial charge on any atom is 0.250 e. The minimum absolute atomic E-state index is 0.0766. The number of hydrogen-bond acceptors (Lipinski definition) is 4. The molecule has 0 atom stereocenters. The molecular formula is C24H20FN3O4S. The van der Waals surface area contributed by atoms with E-state index < -0.39 is 27.5 Å². The first-order chi connectivity index (χ1) is 15.7. The quantitative estimate of drug-likeness (QED) is 0.435. The fourth-order valence-electron chi connectivity index (χ4n) is 3.62. The number of fused-ring (bicyclic) bond motifs is 1. The van der Waals surface area contributed by atoms with Gasteiger partial charge in [-0.3, -0.25) is 9.59 Å². The number of hydrogen-bond donors (Lipinski definition) is 2. The first-order valence-corrected chi connectivity index (χ1v) is 11.6. The molecular weight excluding hydrogens is 445 g/mol. The number of amides is 2. The van der Waals surface area contributed by atoms with Crippen LogP contribution in [0.5, 0.6) is 0 Å². The molecule has 3 N–H and O–H groups in total. The molecule has 4 rings (SSSR count). The molecule has 0 saturated heterocycles. The van der Waals surface area contributed by atoms with E-state index in [1.54, 1.807) is 42.5 Å². The third-order valence-electron chi connectivity index (χ3n) is 5.14. The van der Waals surface area contributed by atoms with Gasteiger partial charge in [0.2, 0.25) is 5.91 Å². The second-order valence-corrected chi connectivity index (χ2v) is 9.44. The summed E-state index contributed by atoms with van der Waals surface area (Å²) in [6.45, 7) is -0.181. The van der Waals surface area contributed by atoms with Crippen molar-refractivity contribution in [1.82, 2.24) is 4.57 Å². The molecule has 2 amide bonds. The summed E-state index contributed by atoms with van der Waals surface area (Å²) in [5, 5.41) is 3.13. The van der Waals surface area contributed by atoms with Crippen molar-refractivity contribution >= 4 is 38.2 Å². The number of nitrogens with zero attached hydrogens (tertiary/aromatic N) is 1. The minimum atomic E-state index is -3.78. The molecule has 168 valence electrons. The molecule has 1 heterocycles. The van der Waals surface area contributed by atoms with E-state index in [0.717, 1.165) is 0 Å². The van der Waals surface area contributed by atoms with Crippen molar-refractivity contribution in [2.24, 2.45) is 5.73 Å². The van der Waals surface area contributed by atoms with E-state index in [0.29, 0.717) is 16.5 Å². The number of carbonyl (C=O) groups excluding carboxylic acids is 2. The zero-order chi connectivity index (χ0) is 23.6. The lowest BCUT2D eigenvalue weighted by atomic mass is 10.1. The van der Waals surface area contributed by atoms with Crippen molar-refractivity contribution in [3.63, 3.8) is 0 Å². The highest BCUT2D eigenvalue weighted by atomic mass is 32.2. The normalized spacial score (nSPS) is 11.4. The molecule has 0 aliphatic heterocycles. The maximum absolute atomic E-state index is 13.2. The van der Waals surface area contributed by atoms with Gasteiger partial charge >= 0.3 is 0 Å². The predicted molar refractivity (Wildman–Crippen MR) is 123 cm³/mol. The number of primary amides is 1.